The number of rotatable bonds is 7. The molecule has 1 amide bonds. The van der Waals surface area contributed by atoms with Gasteiger partial charge in [-0.05, 0) is 48.5 Å². The first-order valence-corrected chi connectivity index (χ1v) is 7.64. The average Bonchev–Trinajstić information content (AvgIpc) is 3.29. The van der Waals surface area contributed by atoms with Crippen molar-refractivity contribution in [3.63, 3.8) is 0 Å². The number of hydrogen-bond donors (Lipinski definition) is 2. The second-order valence-corrected chi connectivity index (χ2v) is 5.51. The van der Waals surface area contributed by atoms with Gasteiger partial charge < -0.3 is 15.4 Å². The number of aromatic nitrogens is 4. The second kappa shape index (κ2) is 6.74. The summed E-state index contributed by atoms with van der Waals surface area (Å²) in [6.07, 6.45) is 2.61. The van der Waals surface area contributed by atoms with Gasteiger partial charge in [-0.15, -0.1) is 5.10 Å². The van der Waals surface area contributed by atoms with Crippen molar-refractivity contribution in [1.29, 1.82) is 0 Å². The van der Waals surface area contributed by atoms with Crippen LogP contribution >= 0.6 is 0 Å². The third-order valence-electron chi connectivity index (χ3n) is 3.73. The molecule has 1 aliphatic rings. The van der Waals surface area contributed by atoms with E-state index in [2.05, 4.69) is 26.2 Å². The van der Waals surface area contributed by atoms with Crippen molar-refractivity contribution in [1.82, 2.24) is 25.5 Å². The molecule has 122 valence electrons. The minimum Gasteiger partial charge on any atom is -0.494 e. The van der Waals surface area contributed by atoms with Crippen molar-refractivity contribution in [2.45, 2.75) is 25.2 Å². The molecule has 0 saturated heterocycles. The minimum absolute atomic E-state index is 0.0467. The number of nitrogens with zero attached hydrogens (tertiary/aromatic N) is 4. The van der Waals surface area contributed by atoms with Gasteiger partial charge in [-0.3, -0.25) is 4.79 Å². The van der Waals surface area contributed by atoms with Gasteiger partial charge in [0.25, 0.3) is 0 Å². The lowest BCUT2D eigenvalue weighted by Gasteiger charge is -2.12. The van der Waals surface area contributed by atoms with E-state index in [0.29, 0.717) is 30.3 Å². The van der Waals surface area contributed by atoms with Crippen molar-refractivity contribution in [2.75, 3.05) is 26.0 Å². The van der Waals surface area contributed by atoms with Gasteiger partial charge in [0.05, 0.1) is 7.11 Å². The Bertz CT molecular complexity index is 695. The zero-order valence-electron chi connectivity index (χ0n) is 13.2. The highest BCUT2D eigenvalue weighted by atomic mass is 16.5. The lowest BCUT2D eigenvalue weighted by atomic mass is 10.2. The molecule has 1 fully saturated rings. The summed E-state index contributed by atoms with van der Waals surface area (Å²) in [5.41, 5.74) is 1.42. The summed E-state index contributed by atoms with van der Waals surface area (Å²) in [5, 5.41) is 17.8. The average molecular weight is 316 g/mol. The zero-order valence-corrected chi connectivity index (χ0v) is 13.2. The molecule has 3 rings (SSSR count). The molecule has 0 unspecified atom stereocenters. The Labute approximate surface area is 134 Å². The predicted molar refractivity (Wildman–Crippen MR) is 84.9 cm³/mol. The maximum absolute atomic E-state index is 11.9. The van der Waals surface area contributed by atoms with E-state index < -0.39 is 0 Å². The number of benzene rings is 1. The molecule has 1 heterocycles. The molecule has 2 aromatic rings. The first-order chi connectivity index (χ1) is 11.2. The van der Waals surface area contributed by atoms with E-state index in [0.717, 1.165) is 24.4 Å². The van der Waals surface area contributed by atoms with E-state index in [1.54, 1.807) is 23.9 Å². The summed E-state index contributed by atoms with van der Waals surface area (Å²) < 4.78 is 7.10. The summed E-state index contributed by atoms with van der Waals surface area (Å²) in [5.74, 6) is 1.85. The third kappa shape index (κ3) is 3.48. The number of tetrazole rings is 1. The number of carbonyl (C=O) groups excluding carboxylic acids is 1. The van der Waals surface area contributed by atoms with Crippen LogP contribution in [0.15, 0.2) is 18.2 Å². The molecule has 0 aliphatic heterocycles. The van der Waals surface area contributed by atoms with Crippen LogP contribution in [-0.4, -0.2) is 46.8 Å². The van der Waals surface area contributed by atoms with E-state index in [-0.39, 0.29) is 5.91 Å². The predicted octanol–water partition coefficient (Wildman–Crippen LogP) is 1.10. The van der Waals surface area contributed by atoms with Crippen LogP contribution in [0.2, 0.25) is 0 Å². The van der Waals surface area contributed by atoms with E-state index in [9.17, 15) is 4.79 Å². The van der Waals surface area contributed by atoms with Crippen LogP contribution in [0.5, 0.6) is 5.75 Å². The lowest BCUT2D eigenvalue weighted by Crippen LogP contribution is -2.18. The number of amides is 1. The Hall–Kier alpha value is -2.48. The van der Waals surface area contributed by atoms with Crippen LogP contribution in [0.3, 0.4) is 0 Å². The van der Waals surface area contributed by atoms with Crippen LogP contribution in [0.1, 0.15) is 31.0 Å². The molecule has 0 atom stereocenters. The molecule has 0 radical (unpaired) electrons. The van der Waals surface area contributed by atoms with Crippen LogP contribution < -0.4 is 15.4 Å². The highest BCUT2D eigenvalue weighted by Crippen LogP contribution is 2.40. The van der Waals surface area contributed by atoms with Crippen LogP contribution in [0.25, 0.3) is 5.69 Å². The Morgan fingerprint density at radius 2 is 2.26 bits per heavy atom. The number of methoxy groups -OCH3 is 1. The molecule has 1 saturated carbocycles. The highest BCUT2D eigenvalue weighted by Gasteiger charge is 2.30. The molecule has 1 aliphatic carbocycles. The SMILES string of the molecule is CNCCC(=O)Nc1ccc(OC)c(-n2nnnc2C2CC2)c1. The molecular weight excluding hydrogens is 296 g/mol. The standard InChI is InChI=1S/C15H20N6O2/c1-16-8-7-14(22)17-11-5-6-13(23-2)12(9-11)21-15(10-3-4-10)18-19-20-21/h5-6,9-10,16H,3-4,7-8H2,1-2H3,(H,17,22). The maximum atomic E-state index is 11.9. The molecule has 0 bridgehead atoms. The Morgan fingerprint density at radius 1 is 1.43 bits per heavy atom. The van der Waals surface area contributed by atoms with Crippen molar-refractivity contribution >= 4 is 11.6 Å². The largest absolute Gasteiger partial charge is 0.494 e. The van der Waals surface area contributed by atoms with Gasteiger partial charge in [0.2, 0.25) is 5.91 Å². The topological polar surface area (TPSA) is 94.0 Å². The number of nitrogens with one attached hydrogen (secondary N) is 2. The van der Waals surface area contributed by atoms with Gasteiger partial charge >= 0.3 is 0 Å². The molecule has 8 heteroatoms. The van der Waals surface area contributed by atoms with E-state index >= 15 is 0 Å². The minimum atomic E-state index is -0.0467. The molecule has 8 nitrogen and oxygen atoms in total. The van der Waals surface area contributed by atoms with Crippen LogP contribution in [0, 0.1) is 0 Å². The van der Waals surface area contributed by atoms with Gasteiger partial charge in [0, 0.05) is 24.6 Å². The van der Waals surface area contributed by atoms with Gasteiger partial charge in [0.1, 0.15) is 11.4 Å². The first kappa shape index (κ1) is 15.4. The second-order valence-electron chi connectivity index (χ2n) is 5.51. The van der Waals surface area contributed by atoms with Crippen LogP contribution in [-0.2, 0) is 4.79 Å². The summed E-state index contributed by atoms with van der Waals surface area (Å²) in [7, 11) is 3.42. The molecule has 2 N–H and O–H groups in total. The van der Waals surface area contributed by atoms with Gasteiger partial charge in [-0.25, -0.2) is 0 Å². The molecule has 1 aromatic carbocycles. The Balaban J connectivity index is 1.87. The first-order valence-electron chi connectivity index (χ1n) is 7.64. The number of carbonyl (C=O) groups is 1. The van der Waals surface area contributed by atoms with Crippen molar-refractivity contribution in [2.24, 2.45) is 0 Å². The summed E-state index contributed by atoms with van der Waals surface area (Å²) in [4.78, 5) is 11.9. The summed E-state index contributed by atoms with van der Waals surface area (Å²) in [6.45, 7) is 0.633. The van der Waals surface area contributed by atoms with Crippen molar-refractivity contribution < 1.29 is 9.53 Å². The number of anilines is 1. The van der Waals surface area contributed by atoms with E-state index in [1.807, 2.05) is 13.1 Å². The van der Waals surface area contributed by atoms with Gasteiger partial charge in [0.15, 0.2) is 5.82 Å². The smallest absolute Gasteiger partial charge is 0.225 e. The number of ether oxygens (including phenoxy) is 1. The third-order valence-corrected chi connectivity index (χ3v) is 3.73. The monoisotopic (exact) mass is 316 g/mol. The summed E-state index contributed by atoms with van der Waals surface area (Å²) in [6, 6.07) is 5.44. The fraction of sp³-hybridized carbons (Fsp3) is 0.467. The van der Waals surface area contributed by atoms with E-state index in [4.69, 9.17) is 4.74 Å². The molecule has 23 heavy (non-hydrogen) atoms. The Morgan fingerprint density at radius 3 is 2.96 bits per heavy atom. The van der Waals surface area contributed by atoms with Crippen molar-refractivity contribution in [3.05, 3.63) is 24.0 Å². The lowest BCUT2D eigenvalue weighted by molar-refractivity contribution is -0.116. The summed E-state index contributed by atoms with van der Waals surface area (Å²) >= 11 is 0. The zero-order chi connectivity index (χ0) is 16.2. The van der Waals surface area contributed by atoms with Gasteiger partial charge in [-0.2, -0.15) is 4.68 Å². The van der Waals surface area contributed by atoms with Crippen LogP contribution in [0.4, 0.5) is 5.69 Å². The molecular formula is C15H20N6O2. The molecule has 1 aromatic heterocycles. The Kier molecular flexibility index (Phi) is 4.52. The fourth-order valence-corrected chi connectivity index (χ4v) is 2.36. The highest BCUT2D eigenvalue weighted by molar-refractivity contribution is 5.91. The fourth-order valence-electron chi connectivity index (χ4n) is 2.36. The maximum Gasteiger partial charge on any atom is 0.225 e. The van der Waals surface area contributed by atoms with Crippen molar-refractivity contribution in [3.8, 4) is 11.4 Å². The normalized spacial score (nSPS) is 13.8. The van der Waals surface area contributed by atoms with Gasteiger partial charge in [-0.1, -0.05) is 0 Å². The molecule has 0 spiro atoms. The quantitative estimate of drug-likeness (QED) is 0.794. The number of hydrogen-bond acceptors (Lipinski definition) is 6. The van der Waals surface area contributed by atoms with E-state index in [1.165, 1.54) is 0 Å².